The van der Waals surface area contributed by atoms with Gasteiger partial charge in [0.2, 0.25) is 15.9 Å². The molecule has 0 atom stereocenters. The van der Waals surface area contributed by atoms with Gasteiger partial charge in [0.15, 0.2) is 0 Å². The monoisotopic (exact) mass is 443 g/mol. The largest absolute Gasteiger partial charge is 0.316 e. The van der Waals surface area contributed by atoms with E-state index in [1.807, 2.05) is 30.3 Å². The molecule has 4 rings (SSSR count). The van der Waals surface area contributed by atoms with Gasteiger partial charge < -0.3 is 5.32 Å². The second-order valence-corrected chi connectivity index (χ2v) is 11.0. The van der Waals surface area contributed by atoms with E-state index in [2.05, 4.69) is 11.4 Å². The number of nitriles is 1. The molecule has 2 heterocycles. The number of sulfonamides is 1. The Bertz CT molecular complexity index is 1060. The number of amides is 1. The number of hydrogen-bond donors (Lipinski definition) is 1. The average molecular weight is 444 g/mol. The molecule has 6 nitrogen and oxygen atoms in total. The molecule has 0 spiro atoms. The molecule has 1 amide bonds. The van der Waals surface area contributed by atoms with Crippen molar-refractivity contribution in [2.75, 3.05) is 18.4 Å². The highest BCUT2D eigenvalue weighted by molar-refractivity contribution is 7.88. The molecule has 1 aromatic heterocycles. The molecular weight excluding hydrogens is 418 g/mol. The topological polar surface area (TPSA) is 90.3 Å². The van der Waals surface area contributed by atoms with Crippen LogP contribution < -0.4 is 5.32 Å². The van der Waals surface area contributed by atoms with Crippen molar-refractivity contribution in [1.82, 2.24) is 4.31 Å². The Hall–Kier alpha value is -2.21. The molecule has 1 N–H and O–H groups in total. The first-order valence-electron chi connectivity index (χ1n) is 10.3. The lowest BCUT2D eigenvalue weighted by Gasteiger charge is -2.30. The molecule has 158 valence electrons. The fraction of sp³-hybridized carbons (Fsp3) is 0.455. The van der Waals surface area contributed by atoms with E-state index in [4.69, 9.17) is 0 Å². The maximum Gasteiger partial charge on any atom is 0.228 e. The number of nitrogens with one attached hydrogen (secondary N) is 1. The predicted molar refractivity (Wildman–Crippen MR) is 118 cm³/mol. The number of benzene rings is 1. The summed E-state index contributed by atoms with van der Waals surface area (Å²) in [6.45, 7) is 0.693. The molecule has 1 aliphatic heterocycles. The molecule has 1 saturated heterocycles. The molecule has 1 fully saturated rings. The molecule has 2 aliphatic rings. The third-order valence-corrected chi connectivity index (χ3v) is 8.99. The molecule has 8 heteroatoms. The van der Waals surface area contributed by atoms with Crippen LogP contribution in [0.15, 0.2) is 30.3 Å². The summed E-state index contributed by atoms with van der Waals surface area (Å²) < 4.78 is 26.9. The lowest BCUT2D eigenvalue weighted by atomic mass is 9.95. The van der Waals surface area contributed by atoms with E-state index in [0.717, 1.165) is 36.8 Å². The van der Waals surface area contributed by atoms with Crippen molar-refractivity contribution in [3.63, 3.8) is 0 Å². The zero-order valence-electron chi connectivity index (χ0n) is 16.8. The standard InChI is InChI=1S/C22H25N3O3S2/c23-14-19-18-8-4-5-9-20(18)29-22(19)24-21(26)17-10-12-25(13-11-17)30(27,28)15-16-6-2-1-3-7-16/h1-3,6-7,17H,4-5,8-13,15H2,(H,24,26). The van der Waals surface area contributed by atoms with Gasteiger partial charge in [-0.05, 0) is 49.7 Å². The minimum Gasteiger partial charge on any atom is -0.316 e. The molecule has 0 radical (unpaired) electrons. The van der Waals surface area contributed by atoms with E-state index in [9.17, 15) is 18.5 Å². The lowest BCUT2D eigenvalue weighted by Crippen LogP contribution is -2.41. The smallest absolute Gasteiger partial charge is 0.228 e. The zero-order chi connectivity index (χ0) is 21.1. The summed E-state index contributed by atoms with van der Waals surface area (Å²) in [4.78, 5) is 14.0. The summed E-state index contributed by atoms with van der Waals surface area (Å²) in [6.07, 6.45) is 5.08. The van der Waals surface area contributed by atoms with Gasteiger partial charge in [-0.3, -0.25) is 4.79 Å². The van der Waals surface area contributed by atoms with Crippen molar-refractivity contribution in [2.24, 2.45) is 5.92 Å². The molecule has 0 saturated carbocycles. The molecule has 2 aromatic rings. The minimum absolute atomic E-state index is 0.0169. The summed E-state index contributed by atoms with van der Waals surface area (Å²) in [5, 5.41) is 13.2. The second kappa shape index (κ2) is 8.88. The first kappa shape index (κ1) is 21.0. The van der Waals surface area contributed by atoms with Gasteiger partial charge in [0.05, 0.1) is 11.3 Å². The summed E-state index contributed by atoms with van der Waals surface area (Å²) >= 11 is 1.52. The fourth-order valence-corrected chi connectivity index (χ4v) is 7.06. The van der Waals surface area contributed by atoms with Crippen LogP contribution in [-0.4, -0.2) is 31.7 Å². The molecule has 1 aromatic carbocycles. The van der Waals surface area contributed by atoms with Crippen LogP contribution in [0.25, 0.3) is 0 Å². The second-order valence-electron chi connectivity index (χ2n) is 7.93. The molecule has 0 unspecified atom stereocenters. The number of anilines is 1. The van der Waals surface area contributed by atoms with E-state index in [-0.39, 0.29) is 17.6 Å². The van der Waals surface area contributed by atoms with Crippen molar-refractivity contribution >= 4 is 32.3 Å². The number of rotatable bonds is 5. The van der Waals surface area contributed by atoms with Crippen LogP contribution in [-0.2, 0) is 33.4 Å². The van der Waals surface area contributed by atoms with Gasteiger partial charge >= 0.3 is 0 Å². The highest BCUT2D eigenvalue weighted by Crippen LogP contribution is 2.38. The number of fused-ring (bicyclic) bond motifs is 1. The molecule has 0 bridgehead atoms. The normalized spacial score (nSPS) is 17.8. The molecule has 1 aliphatic carbocycles. The van der Waals surface area contributed by atoms with E-state index < -0.39 is 10.0 Å². The van der Waals surface area contributed by atoms with E-state index in [1.54, 1.807) is 0 Å². The van der Waals surface area contributed by atoms with Gasteiger partial charge in [0, 0.05) is 23.9 Å². The molecule has 30 heavy (non-hydrogen) atoms. The van der Waals surface area contributed by atoms with Gasteiger partial charge in [0.1, 0.15) is 11.1 Å². The highest BCUT2D eigenvalue weighted by atomic mass is 32.2. The van der Waals surface area contributed by atoms with Crippen molar-refractivity contribution in [1.29, 1.82) is 5.26 Å². The first-order chi connectivity index (χ1) is 14.5. The summed E-state index contributed by atoms with van der Waals surface area (Å²) in [7, 11) is -3.40. The van der Waals surface area contributed by atoms with Crippen LogP contribution in [0.1, 0.15) is 47.3 Å². The third-order valence-electron chi connectivity index (χ3n) is 5.93. The number of hydrogen-bond acceptors (Lipinski definition) is 5. The Balaban J connectivity index is 1.37. The van der Waals surface area contributed by atoms with Gasteiger partial charge in [-0.2, -0.15) is 5.26 Å². The van der Waals surface area contributed by atoms with Crippen LogP contribution in [0.2, 0.25) is 0 Å². The Morgan fingerprint density at radius 1 is 1.17 bits per heavy atom. The number of thiophene rings is 1. The maximum absolute atomic E-state index is 12.8. The predicted octanol–water partition coefficient (Wildman–Crippen LogP) is 3.68. The van der Waals surface area contributed by atoms with E-state index >= 15 is 0 Å². The van der Waals surface area contributed by atoms with E-state index in [0.29, 0.717) is 36.5 Å². The van der Waals surface area contributed by atoms with Gasteiger partial charge in [0.25, 0.3) is 0 Å². The Morgan fingerprint density at radius 3 is 2.57 bits per heavy atom. The van der Waals surface area contributed by atoms with Crippen LogP contribution >= 0.6 is 11.3 Å². The number of aryl methyl sites for hydroxylation is 1. The van der Waals surface area contributed by atoms with Crippen molar-refractivity contribution < 1.29 is 13.2 Å². The average Bonchev–Trinajstić information content (AvgIpc) is 3.11. The van der Waals surface area contributed by atoms with Gasteiger partial charge in [-0.1, -0.05) is 30.3 Å². The number of carbonyl (C=O) groups is 1. The van der Waals surface area contributed by atoms with E-state index in [1.165, 1.54) is 20.5 Å². The third kappa shape index (κ3) is 4.43. The SMILES string of the molecule is N#Cc1c(NC(=O)C2CCN(S(=O)(=O)Cc3ccccc3)CC2)sc2c1CCCC2. The zero-order valence-corrected chi connectivity index (χ0v) is 18.4. The van der Waals surface area contributed by atoms with Crippen LogP contribution in [0.3, 0.4) is 0 Å². The quantitative estimate of drug-likeness (QED) is 0.763. The number of carbonyl (C=O) groups excluding carboxylic acids is 1. The first-order valence-corrected chi connectivity index (χ1v) is 12.8. The van der Waals surface area contributed by atoms with Crippen molar-refractivity contribution in [3.05, 3.63) is 51.9 Å². The Labute approximate surface area is 181 Å². The molecular formula is C22H25N3O3S2. The summed E-state index contributed by atoms with van der Waals surface area (Å²) in [6, 6.07) is 11.4. The summed E-state index contributed by atoms with van der Waals surface area (Å²) in [5.74, 6) is -0.360. The highest BCUT2D eigenvalue weighted by Gasteiger charge is 2.32. The van der Waals surface area contributed by atoms with Gasteiger partial charge in [-0.15, -0.1) is 11.3 Å². The Morgan fingerprint density at radius 2 is 1.87 bits per heavy atom. The van der Waals surface area contributed by atoms with Crippen molar-refractivity contribution in [2.45, 2.75) is 44.3 Å². The number of piperidine rings is 1. The summed E-state index contributed by atoms with van der Waals surface area (Å²) in [5.41, 5.74) is 2.49. The fourth-order valence-electron chi connectivity index (χ4n) is 4.26. The van der Waals surface area contributed by atoms with Gasteiger partial charge in [-0.25, -0.2) is 12.7 Å². The Kier molecular flexibility index (Phi) is 6.23. The minimum atomic E-state index is -3.40. The van der Waals surface area contributed by atoms with Crippen LogP contribution in [0.4, 0.5) is 5.00 Å². The lowest BCUT2D eigenvalue weighted by molar-refractivity contribution is -0.120. The van der Waals surface area contributed by atoms with Crippen LogP contribution in [0, 0.1) is 17.2 Å². The maximum atomic E-state index is 12.8. The number of nitrogens with zero attached hydrogens (tertiary/aromatic N) is 2. The van der Waals surface area contributed by atoms with Crippen molar-refractivity contribution in [3.8, 4) is 6.07 Å². The van der Waals surface area contributed by atoms with Crippen LogP contribution in [0.5, 0.6) is 0 Å².